The van der Waals surface area contributed by atoms with Crippen molar-refractivity contribution in [3.8, 4) is 0 Å². The van der Waals surface area contributed by atoms with Crippen LogP contribution in [0.1, 0.15) is 76.5 Å². The first-order chi connectivity index (χ1) is 13.7. The van der Waals surface area contributed by atoms with E-state index in [1.165, 1.54) is 19.3 Å². The van der Waals surface area contributed by atoms with E-state index in [9.17, 15) is 9.90 Å². The van der Waals surface area contributed by atoms with Crippen LogP contribution >= 0.6 is 0 Å². The van der Waals surface area contributed by atoms with Crippen LogP contribution < -0.4 is 0 Å². The number of hydrogen-bond acceptors (Lipinski definition) is 3. The van der Waals surface area contributed by atoms with E-state index in [0.717, 1.165) is 54.9 Å². The summed E-state index contributed by atoms with van der Waals surface area (Å²) in [6, 6.07) is 0. The molecule has 4 nitrogen and oxygen atoms in total. The van der Waals surface area contributed by atoms with Gasteiger partial charge in [0, 0.05) is 24.2 Å². The molecule has 0 radical (unpaired) electrons. The van der Waals surface area contributed by atoms with Crippen LogP contribution in [0.2, 0.25) is 0 Å². The topological polar surface area (TPSA) is 55.1 Å². The van der Waals surface area contributed by atoms with Gasteiger partial charge in [0.05, 0.1) is 11.8 Å². The number of hydrogen-bond donors (Lipinski definition) is 1. The van der Waals surface area contributed by atoms with E-state index in [1.807, 2.05) is 24.9 Å². The standard InChI is InChI=1S/C25H36N2O2/c1-15-17(14-27(4)26-15)11-16-12-22-20-6-5-18-13-19(28)7-9-24(18,2)21(20)8-10-25(22,3)23(16)29/h11,14,18-22,28H,5-10,12-13H2,1-4H3/b16-11+/t18-,19-,20-,21+,22+,24-,25+/m0/s1. The molecule has 158 valence electrons. The Bertz CT molecular complexity index is 870. The van der Waals surface area contributed by atoms with Crippen molar-refractivity contribution in [2.24, 2.45) is 41.5 Å². The maximum Gasteiger partial charge on any atom is 0.165 e. The summed E-state index contributed by atoms with van der Waals surface area (Å²) in [4.78, 5) is 13.5. The fourth-order valence-corrected chi connectivity index (χ4v) is 7.98. The SMILES string of the molecule is Cc1nn(C)cc1/C=C1\C[C@@H]2[C@H]3CC[C@H]4C[C@@H](O)CC[C@]4(C)[C@@H]3CC[C@@]2(C)C1=O. The average molecular weight is 397 g/mol. The van der Waals surface area contributed by atoms with Crippen molar-refractivity contribution in [1.29, 1.82) is 0 Å². The largest absolute Gasteiger partial charge is 0.393 e. The van der Waals surface area contributed by atoms with Gasteiger partial charge in [0.15, 0.2) is 5.78 Å². The van der Waals surface area contributed by atoms with E-state index in [1.54, 1.807) is 0 Å². The Morgan fingerprint density at radius 3 is 2.69 bits per heavy atom. The zero-order valence-electron chi connectivity index (χ0n) is 18.4. The van der Waals surface area contributed by atoms with Gasteiger partial charge in [-0.05, 0) is 99.0 Å². The number of Topliss-reactive ketones (excluding diaryl/α,β-unsaturated/α-hetero) is 1. The van der Waals surface area contributed by atoms with E-state index >= 15 is 0 Å². The first kappa shape index (κ1) is 19.5. The third-order valence-corrected chi connectivity index (χ3v) is 9.66. The van der Waals surface area contributed by atoms with E-state index in [4.69, 9.17) is 0 Å². The molecule has 0 aromatic carbocycles. The van der Waals surface area contributed by atoms with Crippen molar-refractivity contribution in [1.82, 2.24) is 9.78 Å². The summed E-state index contributed by atoms with van der Waals surface area (Å²) in [5.74, 6) is 2.94. The number of allylic oxidation sites excluding steroid dienone is 1. The van der Waals surface area contributed by atoms with E-state index in [0.29, 0.717) is 29.0 Å². The molecule has 29 heavy (non-hydrogen) atoms. The van der Waals surface area contributed by atoms with Gasteiger partial charge in [-0.3, -0.25) is 9.48 Å². The molecule has 5 rings (SSSR count). The lowest BCUT2D eigenvalue weighted by Crippen LogP contribution is -2.54. The monoisotopic (exact) mass is 396 g/mol. The molecule has 0 aliphatic heterocycles. The van der Waals surface area contributed by atoms with Gasteiger partial charge < -0.3 is 5.11 Å². The third kappa shape index (κ3) is 2.81. The fourth-order valence-electron chi connectivity index (χ4n) is 7.98. The minimum absolute atomic E-state index is 0.0937. The molecule has 0 unspecified atom stereocenters. The Morgan fingerprint density at radius 1 is 1.17 bits per heavy atom. The van der Waals surface area contributed by atoms with Gasteiger partial charge in [-0.15, -0.1) is 0 Å². The normalized spacial score (nSPS) is 45.8. The van der Waals surface area contributed by atoms with Crippen molar-refractivity contribution in [2.75, 3.05) is 0 Å². The van der Waals surface area contributed by atoms with E-state index < -0.39 is 0 Å². The van der Waals surface area contributed by atoms with Crippen molar-refractivity contribution in [3.05, 3.63) is 23.0 Å². The Morgan fingerprint density at radius 2 is 1.97 bits per heavy atom. The molecule has 4 saturated carbocycles. The van der Waals surface area contributed by atoms with Crippen LogP contribution in [0.15, 0.2) is 11.8 Å². The summed E-state index contributed by atoms with van der Waals surface area (Å²) in [6.07, 6.45) is 12.8. The average Bonchev–Trinajstić information content (AvgIpc) is 3.12. The Balaban J connectivity index is 1.46. The number of carbonyl (C=O) groups excluding carboxylic acids is 1. The Hall–Kier alpha value is -1.42. The number of aliphatic hydroxyl groups excluding tert-OH is 1. The number of fused-ring (bicyclic) bond motifs is 5. The number of aliphatic hydroxyl groups is 1. The Labute approximate surface area is 174 Å². The second kappa shape index (κ2) is 6.54. The number of aryl methyl sites for hydroxylation is 2. The second-order valence-corrected chi connectivity index (χ2v) is 11.1. The van der Waals surface area contributed by atoms with Crippen LogP contribution in [-0.2, 0) is 11.8 Å². The molecular weight excluding hydrogens is 360 g/mol. The molecule has 0 amide bonds. The minimum Gasteiger partial charge on any atom is -0.393 e. The van der Waals surface area contributed by atoms with Crippen molar-refractivity contribution >= 4 is 11.9 Å². The lowest BCUT2D eigenvalue weighted by Gasteiger charge is -2.59. The molecule has 7 atom stereocenters. The maximum atomic E-state index is 13.5. The van der Waals surface area contributed by atoms with Crippen molar-refractivity contribution in [3.63, 3.8) is 0 Å². The summed E-state index contributed by atoms with van der Waals surface area (Å²) in [7, 11) is 1.94. The van der Waals surface area contributed by atoms with Crippen molar-refractivity contribution in [2.45, 2.75) is 78.2 Å². The second-order valence-electron chi connectivity index (χ2n) is 11.1. The van der Waals surface area contributed by atoms with Gasteiger partial charge in [-0.1, -0.05) is 13.8 Å². The van der Waals surface area contributed by atoms with Crippen LogP contribution in [-0.4, -0.2) is 26.8 Å². The smallest absolute Gasteiger partial charge is 0.165 e. The van der Waals surface area contributed by atoms with Crippen LogP contribution in [0.25, 0.3) is 6.08 Å². The highest BCUT2D eigenvalue weighted by molar-refractivity contribution is 6.06. The molecular formula is C25H36N2O2. The van der Waals surface area contributed by atoms with Gasteiger partial charge in [-0.2, -0.15) is 5.10 Å². The van der Waals surface area contributed by atoms with Crippen molar-refractivity contribution < 1.29 is 9.90 Å². The molecule has 0 saturated heterocycles. The number of rotatable bonds is 1. The molecule has 0 spiro atoms. The summed E-state index contributed by atoms with van der Waals surface area (Å²) in [6.45, 7) is 6.79. The molecule has 1 heterocycles. The zero-order chi connectivity index (χ0) is 20.6. The molecule has 4 aliphatic rings. The molecule has 4 aliphatic carbocycles. The molecule has 1 aromatic rings. The number of carbonyl (C=O) groups is 1. The molecule has 1 N–H and O–H groups in total. The zero-order valence-corrected chi connectivity index (χ0v) is 18.4. The quantitative estimate of drug-likeness (QED) is 0.701. The van der Waals surface area contributed by atoms with Gasteiger partial charge in [0.1, 0.15) is 0 Å². The fraction of sp³-hybridized carbons (Fsp3) is 0.760. The molecule has 4 heteroatoms. The molecule has 1 aromatic heterocycles. The Kier molecular flexibility index (Phi) is 4.40. The molecule has 4 fully saturated rings. The third-order valence-electron chi connectivity index (χ3n) is 9.66. The summed E-state index contributed by atoms with van der Waals surface area (Å²) < 4.78 is 1.84. The predicted molar refractivity (Wildman–Crippen MR) is 114 cm³/mol. The van der Waals surface area contributed by atoms with Gasteiger partial charge >= 0.3 is 0 Å². The van der Waals surface area contributed by atoms with E-state index in [-0.39, 0.29) is 11.5 Å². The maximum absolute atomic E-state index is 13.5. The summed E-state index contributed by atoms with van der Waals surface area (Å²) in [5.41, 5.74) is 3.30. The van der Waals surface area contributed by atoms with Crippen LogP contribution in [0.5, 0.6) is 0 Å². The summed E-state index contributed by atoms with van der Waals surface area (Å²) in [5, 5.41) is 14.7. The lowest BCUT2D eigenvalue weighted by molar-refractivity contribution is -0.141. The van der Waals surface area contributed by atoms with Gasteiger partial charge in [0.25, 0.3) is 0 Å². The number of aromatic nitrogens is 2. The first-order valence-corrected chi connectivity index (χ1v) is 11.7. The number of nitrogens with zero attached hydrogens (tertiary/aromatic N) is 2. The minimum atomic E-state index is -0.180. The highest BCUT2D eigenvalue weighted by Crippen LogP contribution is 2.66. The highest BCUT2D eigenvalue weighted by atomic mass is 16.3. The van der Waals surface area contributed by atoms with Crippen LogP contribution in [0, 0.1) is 41.4 Å². The summed E-state index contributed by atoms with van der Waals surface area (Å²) >= 11 is 0. The first-order valence-electron chi connectivity index (χ1n) is 11.7. The number of ketones is 1. The van der Waals surface area contributed by atoms with Crippen LogP contribution in [0.4, 0.5) is 0 Å². The highest BCUT2D eigenvalue weighted by Gasteiger charge is 2.61. The lowest BCUT2D eigenvalue weighted by atomic mass is 9.45. The van der Waals surface area contributed by atoms with E-state index in [2.05, 4.69) is 25.0 Å². The van der Waals surface area contributed by atoms with Gasteiger partial charge in [0.2, 0.25) is 0 Å². The van der Waals surface area contributed by atoms with Gasteiger partial charge in [-0.25, -0.2) is 0 Å². The predicted octanol–water partition coefficient (Wildman–Crippen LogP) is 4.69. The van der Waals surface area contributed by atoms with Crippen LogP contribution in [0.3, 0.4) is 0 Å². The molecule has 0 bridgehead atoms.